The number of carbonyl (C=O) groups is 1. The highest BCUT2D eigenvalue weighted by molar-refractivity contribution is 6.32. The van der Waals surface area contributed by atoms with E-state index in [0.717, 1.165) is 44.9 Å². The molecule has 3 heterocycles. The van der Waals surface area contributed by atoms with Gasteiger partial charge in [0, 0.05) is 28.7 Å². The van der Waals surface area contributed by atoms with E-state index in [4.69, 9.17) is 0 Å². The summed E-state index contributed by atoms with van der Waals surface area (Å²) in [6.45, 7) is 6.03. The summed E-state index contributed by atoms with van der Waals surface area (Å²) in [6.07, 6.45) is 3.76. The van der Waals surface area contributed by atoms with Gasteiger partial charge in [0.25, 0.3) is 5.91 Å². The van der Waals surface area contributed by atoms with Crippen molar-refractivity contribution in [3.05, 3.63) is 95.5 Å². The van der Waals surface area contributed by atoms with E-state index in [1.165, 1.54) is 5.01 Å². The molecule has 0 saturated carbocycles. The normalized spacial score (nSPS) is 15.2. The number of benzene rings is 2. The van der Waals surface area contributed by atoms with Crippen molar-refractivity contribution in [1.82, 2.24) is 9.55 Å². The van der Waals surface area contributed by atoms with E-state index in [9.17, 15) is 4.79 Å². The largest absolute Gasteiger partial charge is 0.318 e. The average Bonchev–Trinajstić information content (AvgIpc) is 3.23. The van der Waals surface area contributed by atoms with Crippen LogP contribution in [0, 0.1) is 13.8 Å². The van der Waals surface area contributed by atoms with Crippen LogP contribution in [0.2, 0.25) is 0 Å². The Morgan fingerprint density at radius 2 is 1.68 bits per heavy atom. The Morgan fingerprint density at radius 1 is 0.871 bits per heavy atom. The molecule has 0 fully saturated rings. The van der Waals surface area contributed by atoms with Gasteiger partial charge in [-0.3, -0.25) is 9.78 Å². The van der Waals surface area contributed by atoms with Crippen molar-refractivity contribution in [2.75, 3.05) is 5.01 Å². The average molecular weight is 406 g/mol. The monoisotopic (exact) mass is 406 g/mol. The number of rotatable bonds is 3. The van der Waals surface area contributed by atoms with E-state index in [1.54, 1.807) is 6.20 Å². The number of carbonyl (C=O) groups excluding carboxylic acids is 1. The van der Waals surface area contributed by atoms with Gasteiger partial charge in [0.2, 0.25) is 0 Å². The third-order valence-corrected chi connectivity index (χ3v) is 5.68. The molecule has 5 heteroatoms. The molecule has 0 saturated heterocycles. The van der Waals surface area contributed by atoms with Gasteiger partial charge in [-0.1, -0.05) is 24.3 Å². The van der Waals surface area contributed by atoms with Crippen molar-refractivity contribution in [2.45, 2.75) is 20.8 Å². The Bertz CT molecular complexity index is 1380. The van der Waals surface area contributed by atoms with Crippen LogP contribution >= 0.6 is 0 Å². The van der Waals surface area contributed by atoms with Crippen molar-refractivity contribution in [3.63, 3.8) is 0 Å². The van der Waals surface area contributed by atoms with Crippen molar-refractivity contribution in [3.8, 4) is 5.69 Å². The van der Waals surface area contributed by atoms with Crippen molar-refractivity contribution >= 4 is 34.3 Å². The molecule has 0 radical (unpaired) electrons. The number of hydrogen-bond donors (Lipinski definition) is 0. The van der Waals surface area contributed by atoms with Gasteiger partial charge in [0.1, 0.15) is 0 Å². The molecule has 0 spiro atoms. The first-order valence-electron chi connectivity index (χ1n) is 10.2. The molecule has 0 atom stereocenters. The number of anilines is 1. The van der Waals surface area contributed by atoms with Gasteiger partial charge in [-0.25, -0.2) is 0 Å². The summed E-state index contributed by atoms with van der Waals surface area (Å²) in [7, 11) is 0. The molecule has 2 aromatic heterocycles. The van der Waals surface area contributed by atoms with Gasteiger partial charge in [0.15, 0.2) is 0 Å². The first kappa shape index (κ1) is 19.0. The Labute approximate surface area is 181 Å². The van der Waals surface area contributed by atoms with E-state index in [2.05, 4.69) is 52.8 Å². The molecule has 4 aromatic rings. The number of hydrazone groups is 1. The molecule has 2 aromatic carbocycles. The summed E-state index contributed by atoms with van der Waals surface area (Å²) in [6, 6.07) is 21.9. The number of pyridine rings is 1. The van der Waals surface area contributed by atoms with Crippen LogP contribution in [0.1, 0.15) is 23.9 Å². The second-order valence-corrected chi connectivity index (χ2v) is 7.74. The Balaban J connectivity index is 1.54. The van der Waals surface area contributed by atoms with Gasteiger partial charge in [-0.05, 0) is 74.9 Å². The van der Waals surface area contributed by atoms with Crippen LogP contribution in [0.5, 0.6) is 0 Å². The molecule has 5 nitrogen and oxygen atoms in total. The molecular weight excluding hydrogens is 384 g/mol. The highest BCUT2D eigenvalue weighted by Gasteiger charge is 2.29. The minimum Gasteiger partial charge on any atom is -0.318 e. The Kier molecular flexibility index (Phi) is 4.51. The van der Waals surface area contributed by atoms with Crippen LogP contribution in [0.25, 0.3) is 22.7 Å². The second-order valence-electron chi connectivity index (χ2n) is 7.74. The maximum Gasteiger partial charge on any atom is 0.280 e. The summed E-state index contributed by atoms with van der Waals surface area (Å²) in [5, 5.41) is 7.05. The van der Waals surface area contributed by atoms with Crippen LogP contribution < -0.4 is 5.01 Å². The zero-order valence-corrected chi connectivity index (χ0v) is 17.7. The Morgan fingerprint density at radius 3 is 2.48 bits per heavy atom. The molecule has 1 aliphatic rings. The number of aryl methyl sites for hydroxylation is 1. The molecule has 31 heavy (non-hydrogen) atoms. The second kappa shape index (κ2) is 7.36. The lowest BCUT2D eigenvalue weighted by atomic mass is 10.1. The molecule has 152 valence electrons. The summed E-state index contributed by atoms with van der Waals surface area (Å²) >= 11 is 0. The van der Waals surface area contributed by atoms with Gasteiger partial charge in [-0.15, -0.1) is 0 Å². The third-order valence-electron chi connectivity index (χ3n) is 5.68. The molecule has 0 unspecified atom stereocenters. The summed E-state index contributed by atoms with van der Waals surface area (Å²) in [5.41, 5.74) is 7.35. The standard InChI is InChI=1S/C26H22N4O/c1-17-14-21(16-24-18(2)28-30(26(24)31)22-9-5-4-6-10-22)19(3)29(17)23-11-12-25-20(15-23)8-7-13-27-25/h4-16H,1-3H3/b24-16+. The molecule has 1 aliphatic heterocycles. The van der Waals surface area contributed by atoms with Crippen LogP contribution in [0.4, 0.5) is 5.69 Å². The number of aromatic nitrogens is 2. The summed E-state index contributed by atoms with van der Waals surface area (Å²) in [5.74, 6) is -0.106. The number of fused-ring (bicyclic) bond motifs is 1. The van der Waals surface area contributed by atoms with E-state index >= 15 is 0 Å². The fourth-order valence-corrected chi connectivity index (χ4v) is 4.12. The minimum atomic E-state index is -0.106. The van der Waals surface area contributed by atoms with Gasteiger partial charge in [-0.2, -0.15) is 10.1 Å². The van der Waals surface area contributed by atoms with Crippen LogP contribution in [0.3, 0.4) is 0 Å². The summed E-state index contributed by atoms with van der Waals surface area (Å²) < 4.78 is 2.21. The molecule has 0 N–H and O–H groups in total. The molecule has 1 amide bonds. The fourth-order valence-electron chi connectivity index (χ4n) is 4.12. The van der Waals surface area contributed by atoms with Gasteiger partial charge >= 0.3 is 0 Å². The van der Waals surface area contributed by atoms with Crippen LogP contribution in [-0.4, -0.2) is 21.2 Å². The van der Waals surface area contributed by atoms with E-state index in [1.807, 2.05) is 55.5 Å². The topological polar surface area (TPSA) is 50.5 Å². The third kappa shape index (κ3) is 3.24. The Hall–Kier alpha value is -3.99. The zero-order valence-electron chi connectivity index (χ0n) is 17.7. The van der Waals surface area contributed by atoms with Gasteiger partial charge in [0.05, 0.1) is 22.5 Å². The van der Waals surface area contributed by atoms with E-state index in [-0.39, 0.29) is 5.91 Å². The number of amides is 1. The molecule has 5 rings (SSSR count). The van der Waals surface area contributed by atoms with Crippen LogP contribution in [0.15, 0.2) is 83.6 Å². The lowest BCUT2D eigenvalue weighted by Gasteiger charge is -2.11. The number of hydrogen-bond acceptors (Lipinski definition) is 3. The van der Waals surface area contributed by atoms with E-state index in [0.29, 0.717) is 5.57 Å². The predicted molar refractivity (Wildman–Crippen MR) is 126 cm³/mol. The molecule has 0 bridgehead atoms. The van der Waals surface area contributed by atoms with E-state index < -0.39 is 0 Å². The maximum absolute atomic E-state index is 13.1. The zero-order chi connectivity index (χ0) is 21.5. The SMILES string of the molecule is CC1=NN(c2ccccc2)C(=O)/C1=C/c1cc(C)n(-c2ccc3ncccc3c2)c1C. The minimum absolute atomic E-state index is 0.106. The smallest absolute Gasteiger partial charge is 0.280 e. The molecular formula is C26H22N4O. The first-order chi connectivity index (χ1) is 15.0. The maximum atomic E-state index is 13.1. The predicted octanol–water partition coefficient (Wildman–Crippen LogP) is 5.45. The fraction of sp³-hybridized carbons (Fsp3) is 0.115. The highest BCUT2D eigenvalue weighted by Crippen LogP contribution is 2.28. The first-order valence-corrected chi connectivity index (χ1v) is 10.2. The lowest BCUT2D eigenvalue weighted by Crippen LogP contribution is -2.21. The quantitative estimate of drug-likeness (QED) is 0.425. The lowest BCUT2D eigenvalue weighted by molar-refractivity contribution is -0.114. The number of para-hydroxylation sites is 1. The van der Waals surface area contributed by atoms with Crippen molar-refractivity contribution in [1.29, 1.82) is 0 Å². The molecule has 0 aliphatic carbocycles. The van der Waals surface area contributed by atoms with Crippen molar-refractivity contribution < 1.29 is 4.79 Å². The van der Waals surface area contributed by atoms with Crippen LogP contribution in [-0.2, 0) is 4.79 Å². The van der Waals surface area contributed by atoms with Gasteiger partial charge < -0.3 is 4.57 Å². The van der Waals surface area contributed by atoms with Crippen molar-refractivity contribution in [2.24, 2.45) is 5.10 Å². The summed E-state index contributed by atoms with van der Waals surface area (Å²) in [4.78, 5) is 17.5. The highest BCUT2D eigenvalue weighted by atomic mass is 16.2. The number of nitrogens with zero attached hydrogens (tertiary/aromatic N) is 4.